The van der Waals surface area contributed by atoms with E-state index in [1.54, 1.807) is 12.1 Å². The number of carbonyl (C=O) groups is 1. The van der Waals surface area contributed by atoms with Crippen molar-refractivity contribution in [2.45, 2.75) is 27.3 Å². The van der Waals surface area contributed by atoms with Gasteiger partial charge in [0.25, 0.3) is 0 Å². The molecule has 2 aromatic carbocycles. The van der Waals surface area contributed by atoms with Gasteiger partial charge in [-0.25, -0.2) is 8.42 Å². The lowest BCUT2D eigenvalue weighted by molar-refractivity contribution is -0.119. The average molecular weight is 404 g/mol. The lowest BCUT2D eigenvalue weighted by atomic mass is 10.2. The molecule has 0 heterocycles. The Morgan fingerprint density at radius 3 is 2.14 bits per heavy atom. The lowest BCUT2D eigenvalue weighted by Crippen LogP contribution is -2.40. The second kappa shape index (κ2) is 9.59. The van der Waals surface area contributed by atoms with Crippen LogP contribution in [0.3, 0.4) is 0 Å². The summed E-state index contributed by atoms with van der Waals surface area (Å²) in [5, 5.41) is 2.81. The minimum Gasteiger partial charge on any atom is -0.372 e. The van der Waals surface area contributed by atoms with Crippen molar-refractivity contribution in [3.8, 4) is 0 Å². The van der Waals surface area contributed by atoms with Crippen LogP contribution in [0.2, 0.25) is 0 Å². The van der Waals surface area contributed by atoms with Crippen LogP contribution in [0.5, 0.6) is 0 Å². The van der Waals surface area contributed by atoms with Crippen molar-refractivity contribution in [3.05, 3.63) is 59.7 Å². The predicted octanol–water partition coefficient (Wildman–Crippen LogP) is 2.92. The monoisotopic (exact) mass is 403 g/mol. The van der Waals surface area contributed by atoms with Crippen LogP contribution < -0.4 is 14.5 Å². The van der Waals surface area contributed by atoms with E-state index >= 15 is 0 Å². The number of para-hydroxylation sites is 1. The fourth-order valence-electron chi connectivity index (χ4n) is 3.02. The Morgan fingerprint density at radius 1 is 1.00 bits per heavy atom. The van der Waals surface area contributed by atoms with E-state index < -0.39 is 10.0 Å². The second-order valence-electron chi connectivity index (χ2n) is 6.67. The van der Waals surface area contributed by atoms with Gasteiger partial charge in [0.1, 0.15) is 6.54 Å². The predicted molar refractivity (Wildman–Crippen MR) is 115 cm³/mol. The van der Waals surface area contributed by atoms with Gasteiger partial charge in [0.15, 0.2) is 0 Å². The molecule has 0 unspecified atom stereocenters. The summed E-state index contributed by atoms with van der Waals surface area (Å²) in [6.07, 6.45) is 1.11. The molecule has 28 heavy (non-hydrogen) atoms. The van der Waals surface area contributed by atoms with Gasteiger partial charge in [-0.1, -0.05) is 30.3 Å². The molecule has 152 valence electrons. The maximum absolute atomic E-state index is 12.4. The van der Waals surface area contributed by atoms with Gasteiger partial charge in [-0.05, 0) is 50.1 Å². The van der Waals surface area contributed by atoms with E-state index in [0.29, 0.717) is 12.2 Å². The highest BCUT2D eigenvalue weighted by Gasteiger charge is 2.21. The molecule has 2 rings (SSSR count). The molecule has 2 aromatic rings. The molecule has 0 aromatic heterocycles. The molecule has 0 spiro atoms. The second-order valence-corrected chi connectivity index (χ2v) is 8.58. The minimum absolute atomic E-state index is 0.249. The summed E-state index contributed by atoms with van der Waals surface area (Å²) in [6.45, 7) is 8.02. The SMILES string of the molecule is CCN(CC)c1ccc(CNC(=O)CN(c2ccccc2C)S(C)(=O)=O)cc1. The number of amides is 1. The van der Waals surface area contributed by atoms with Crippen LogP contribution in [0.4, 0.5) is 11.4 Å². The number of hydrogen-bond donors (Lipinski definition) is 1. The van der Waals surface area contributed by atoms with Gasteiger partial charge in [-0.15, -0.1) is 0 Å². The number of benzene rings is 2. The van der Waals surface area contributed by atoms with Crippen molar-refractivity contribution in [2.75, 3.05) is 35.1 Å². The Morgan fingerprint density at radius 2 is 1.61 bits per heavy atom. The van der Waals surface area contributed by atoms with Crippen LogP contribution in [0.1, 0.15) is 25.0 Å². The van der Waals surface area contributed by atoms with Crippen LogP contribution in [-0.2, 0) is 21.4 Å². The third kappa shape index (κ3) is 5.73. The van der Waals surface area contributed by atoms with E-state index in [9.17, 15) is 13.2 Å². The molecule has 0 radical (unpaired) electrons. The first kappa shape index (κ1) is 21.8. The van der Waals surface area contributed by atoms with E-state index in [2.05, 4.69) is 24.1 Å². The van der Waals surface area contributed by atoms with Crippen LogP contribution in [0, 0.1) is 6.92 Å². The molecular formula is C21H29N3O3S. The summed E-state index contributed by atoms with van der Waals surface area (Å²) in [6, 6.07) is 15.1. The third-order valence-corrected chi connectivity index (χ3v) is 5.75. The zero-order valence-electron chi connectivity index (χ0n) is 17.0. The Balaban J connectivity index is 2.03. The number of sulfonamides is 1. The molecule has 1 N–H and O–H groups in total. The van der Waals surface area contributed by atoms with Gasteiger partial charge in [0, 0.05) is 25.3 Å². The first-order chi connectivity index (χ1) is 13.3. The standard InChI is InChI=1S/C21H29N3O3S/c1-5-23(6-2)19-13-11-18(12-14-19)15-22-21(25)16-24(28(4,26)27)20-10-8-7-9-17(20)3/h7-14H,5-6,15-16H2,1-4H3,(H,22,25). The maximum atomic E-state index is 12.4. The first-order valence-electron chi connectivity index (χ1n) is 9.40. The summed E-state index contributed by atoms with van der Waals surface area (Å²) in [4.78, 5) is 14.6. The van der Waals surface area contributed by atoms with E-state index in [1.807, 2.05) is 43.3 Å². The number of nitrogens with one attached hydrogen (secondary N) is 1. The Hall–Kier alpha value is -2.54. The van der Waals surface area contributed by atoms with Crippen molar-refractivity contribution < 1.29 is 13.2 Å². The van der Waals surface area contributed by atoms with Crippen molar-refractivity contribution in [1.29, 1.82) is 0 Å². The largest absolute Gasteiger partial charge is 0.372 e. The quantitative estimate of drug-likeness (QED) is 0.699. The summed E-state index contributed by atoms with van der Waals surface area (Å²) < 4.78 is 25.5. The van der Waals surface area contributed by atoms with Gasteiger partial charge in [0.05, 0.1) is 11.9 Å². The van der Waals surface area contributed by atoms with E-state index in [4.69, 9.17) is 0 Å². The molecular weight excluding hydrogens is 374 g/mol. The maximum Gasteiger partial charge on any atom is 0.241 e. The zero-order chi connectivity index (χ0) is 20.7. The van der Waals surface area contributed by atoms with Gasteiger partial charge < -0.3 is 10.2 Å². The molecule has 6 nitrogen and oxygen atoms in total. The van der Waals surface area contributed by atoms with Gasteiger partial charge in [0.2, 0.25) is 15.9 Å². The van der Waals surface area contributed by atoms with Crippen LogP contribution >= 0.6 is 0 Å². The van der Waals surface area contributed by atoms with E-state index in [0.717, 1.165) is 40.5 Å². The summed E-state index contributed by atoms with van der Waals surface area (Å²) in [5.41, 5.74) is 3.42. The molecule has 0 saturated heterocycles. The summed E-state index contributed by atoms with van der Waals surface area (Å²) in [7, 11) is -3.57. The Kier molecular flexibility index (Phi) is 7.45. The number of rotatable bonds is 9. The molecule has 0 aliphatic carbocycles. The fraction of sp³-hybridized carbons (Fsp3) is 0.381. The number of anilines is 2. The molecule has 0 fully saturated rings. The molecule has 7 heteroatoms. The van der Waals surface area contributed by atoms with Gasteiger partial charge in [-0.3, -0.25) is 9.10 Å². The summed E-state index contributed by atoms with van der Waals surface area (Å²) in [5.74, 6) is -0.346. The van der Waals surface area contributed by atoms with E-state index in [1.165, 1.54) is 0 Å². The number of carbonyl (C=O) groups excluding carboxylic acids is 1. The van der Waals surface area contributed by atoms with Crippen LogP contribution in [-0.4, -0.2) is 40.2 Å². The minimum atomic E-state index is -3.57. The fourth-order valence-corrected chi connectivity index (χ4v) is 3.94. The van der Waals surface area contributed by atoms with Gasteiger partial charge in [-0.2, -0.15) is 0 Å². The smallest absolute Gasteiger partial charge is 0.241 e. The Labute approximate surface area is 168 Å². The van der Waals surface area contributed by atoms with Crippen LogP contribution in [0.15, 0.2) is 48.5 Å². The Bertz CT molecular complexity index is 891. The molecule has 1 amide bonds. The topological polar surface area (TPSA) is 69.7 Å². The molecule has 0 atom stereocenters. The van der Waals surface area contributed by atoms with Crippen LogP contribution in [0.25, 0.3) is 0 Å². The highest BCUT2D eigenvalue weighted by molar-refractivity contribution is 7.92. The molecule has 0 saturated carbocycles. The van der Waals surface area contributed by atoms with Crippen molar-refractivity contribution in [3.63, 3.8) is 0 Å². The molecule has 0 bridgehead atoms. The number of nitrogens with zero attached hydrogens (tertiary/aromatic N) is 2. The lowest BCUT2D eigenvalue weighted by Gasteiger charge is -2.23. The number of aryl methyl sites for hydroxylation is 1. The highest BCUT2D eigenvalue weighted by Crippen LogP contribution is 2.21. The highest BCUT2D eigenvalue weighted by atomic mass is 32.2. The van der Waals surface area contributed by atoms with Crippen molar-refractivity contribution >= 4 is 27.3 Å². The van der Waals surface area contributed by atoms with Crippen molar-refractivity contribution in [2.24, 2.45) is 0 Å². The first-order valence-corrected chi connectivity index (χ1v) is 11.2. The zero-order valence-corrected chi connectivity index (χ0v) is 17.8. The normalized spacial score (nSPS) is 11.1. The third-order valence-electron chi connectivity index (χ3n) is 4.63. The average Bonchev–Trinajstić information content (AvgIpc) is 2.66. The van der Waals surface area contributed by atoms with Crippen molar-refractivity contribution in [1.82, 2.24) is 5.32 Å². The molecule has 0 aliphatic rings. The number of hydrogen-bond acceptors (Lipinski definition) is 4. The van der Waals surface area contributed by atoms with Gasteiger partial charge >= 0.3 is 0 Å². The van der Waals surface area contributed by atoms with E-state index in [-0.39, 0.29) is 12.5 Å². The summed E-state index contributed by atoms with van der Waals surface area (Å²) >= 11 is 0. The molecule has 0 aliphatic heterocycles.